The zero-order chi connectivity index (χ0) is 12.3. The molecule has 0 radical (unpaired) electrons. The average molecular weight is 238 g/mol. The fourth-order valence-electron chi connectivity index (χ4n) is 5.82. The van der Waals surface area contributed by atoms with E-state index in [0.29, 0.717) is 10.8 Å². The Hall–Kier alpha value is -0.0400. The fourth-order valence-corrected chi connectivity index (χ4v) is 5.82. The molecule has 17 heavy (non-hydrogen) atoms. The maximum atomic E-state index is 6.13. The second-order valence-electron chi connectivity index (χ2n) is 7.94. The molecule has 1 unspecified atom stereocenters. The highest BCUT2D eigenvalue weighted by molar-refractivity contribution is 5.09. The van der Waals surface area contributed by atoms with Crippen molar-refractivity contribution >= 4 is 0 Å². The molecule has 2 saturated carbocycles. The third kappa shape index (κ3) is 1.54. The van der Waals surface area contributed by atoms with E-state index in [9.17, 15) is 0 Å². The van der Waals surface area contributed by atoms with E-state index in [1.165, 1.54) is 38.5 Å². The van der Waals surface area contributed by atoms with Gasteiger partial charge >= 0.3 is 0 Å². The third-order valence-corrected chi connectivity index (χ3v) is 6.58. The van der Waals surface area contributed by atoms with Crippen molar-refractivity contribution in [3.63, 3.8) is 0 Å². The minimum Gasteiger partial charge on any atom is -0.375 e. The molecule has 0 aromatic rings. The summed E-state index contributed by atoms with van der Waals surface area (Å²) in [7, 11) is 0. The van der Waals surface area contributed by atoms with Crippen molar-refractivity contribution in [1.82, 2.24) is 0 Å². The van der Waals surface area contributed by atoms with Gasteiger partial charge in [-0.15, -0.1) is 0 Å². The molecule has 3 rings (SSSR count). The van der Waals surface area contributed by atoms with Crippen molar-refractivity contribution in [3.05, 3.63) is 0 Å². The van der Waals surface area contributed by atoms with Gasteiger partial charge in [0.15, 0.2) is 0 Å². The SMILES string of the molecule is CC1(C)CCC[C@@]2(C)C1CC[C@]1(C)OCC[C@@H]21.[HH]. The predicted octanol–water partition coefficient (Wildman–Crippen LogP) is 4.65. The molecule has 0 aromatic heterocycles. The maximum absolute atomic E-state index is 6.13. The summed E-state index contributed by atoms with van der Waals surface area (Å²) in [4.78, 5) is 0. The van der Waals surface area contributed by atoms with Crippen LogP contribution in [0.15, 0.2) is 0 Å². The second kappa shape index (κ2) is 3.50. The van der Waals surface area contributed by atoms with Crippen LogP contribution in [0, 0.1) is 22.7 Å². The van der Waals surface area contributed by atoms with Crippen molar-refractivity contribution in [2.75, 3.05) is 6.61 Å². The van der Waals surface area contributed by atoms with Gasteiger partial charge in [-0.05, 0) is 61.7 Å². The zero-order valence-electron chi connectivity index (χ0n) is 12.0. The monoisotopic (exact) mass is 238 g/mol. The number of ether oxygens (including phenoxy) is 1. The van der Waals surface area contributed by atoms with Gasteiger partial charge in [0, 0.05) is 8.03 Å². The van der Waals surface area contributed by atoms with E-state index in [1.54, 1.807) is 0 Å². The van der Waals surface area contributed by atoms with Gasteiger partial charge in [-0.2, -0.15) is 0 Å². The summed E-state index contributed by atoms with van der Waals surface area (Å²) in [6.07, 6.45) is 8.27. The van der Waals surface area contributed by atoms with E-state index in [2.05, 4.69) is 27.7 Å². The largest absolute Gasteiger partial charge is 0.375 e. The van der Waals surface area contributed by atoms with Crippen LogP contribution in [0.3, 0.4) is 0 Å². The van der Waals surface area contributed by atoms with Crippen LogP contribution in [0.4, 0.5) is 0 Å². The van der Waals surface area contributed by atoms with Gasteiger partial charge in [0.1, 0.15) is 0 Å². The first-order chi connectivity index (χ1) is 7.89. The molecule has 0 aromatic carbocycles. The summed E-state index contributed by atoms with van der Waals surface area (Å²) in [6.45, 7) is 11.0. The molecular formula is C16H30O. The highest BCUT2D eigenvalue weighted by Crippen LogP contribution is 2.64. The van der Waals surface area contributed by atoms with Crippen molar-refractivity contribution in [1.29, 1.82) is 0 Å². The standard InChI is InChI=1S/C16H28O.H2/c1-14(2)8-5-9-15(3)12(14)6-10-16(4)13(15)7-11-17-16;/h12-13H,5-11H2,1-4H3;1H/t12?,13-,15-,16-;/m0./s1. The smallest absolute Gasteiger partial charge is 0.0688 e. The molecule has 2 aliphatic carbocycles. The number of hydrogen-bond acceptors (Lipinski definition) is 1. The van der Waals surface area contributed by atoms with E-state index in [0.717, 1.165) is 18.4 Å². The van der Waals surface area contributed by atoms with Crippen LogP contribution >= 0.6 is 0 Å². The number of rotatable bonds is 0. The van der Waals surface area contributed by atoms with Gasteiger partial charge in [0.25, 0.3) is 0 Å². The number of fused-ring (bicyclic) bond motifs is 3. The molecule has 1 saturated heterocycles. The highest BCUT2D eigenvalue weighted by Gasteiger charge is 2.60. The summed E-state index contributed by atoms with van der Waals surface area (Å²) in [6, 6.07) is 0. The van der Waals surface area contributed by atoms with Crippen LogP contribution in [0.25, 0.3) is 0 Å². The normalized spacial score (nSPS) is 52.9. The quantitative estimate of drug-likeness (QED) is 0.596. The third-order valence-electron chi connectivity index (χ3n) is 6.58. The Kier molecular flexibility index (Phi) is 2.47. The lowest BCUT2D eigenvalue weighted by atomic mass is 9.46. The van der Waals surface area contributed by atoms with Crippen molar-refractivity contribution in [2.24, 2.45) is 22.7 Å². The van der Waals surface area contributed by atoms with Crippen LogP contribution in [0.2, 0.25) is 0 Å². The van der Waals surface area contributed by atoms with Crippen molar-refractivity contribution in [3.8, 4) is 0 Å². The van der Waals surface area contributed by atoms with Crippen LogP contribution in [0.1, 0.15) is 67.6 Å². The van der Waals surface area contributed by atoms with Gasteiger partial charge in [0.2, 0.25) is 0 Å². The van der Waals surface area contributed by atoms with Crippen molar-refractivity contribution in [2.45, 2.75) is 71.8 Å². The van der Waals surface area contributed by atoms with E-state index < -0.39 is 0 Å². The minimum atomic E-state index is 0. The molecule has 100 valence electrons. The summed E-state index contributed by atoms with van der Waals surface area (Å²) in [5.41, 5.74) is 1.31. The summed E-state index contributed by atoms with van der Waals surface area (Å²) in [5.74, 6) is 1.73. The molecule has 0 spiro atoms. The average Bonchev–Trinajstić information content (AvgIpc) is 2.60. The topological polar surface area (TPSA) is 9.23 Å². The first-order valence-electron chi connectivity index (χ1n) is 7.52. The predicted molar refractivity (Wildman–Crippen MR) is 73.0 cm³/mol. The molecule has 3 fully saturated rings. The Morgan fingerprint density at radius 2 is 1.71 bits per heavy atom. The van der Waals surface area contributed by atoms with Gasteiger partial charge in [-0.25, -0.2) is 0 Å². The Labute approximate surface area is 108 Å². The summed E-state index contributed by atoms with van der Waals surface area (Å²) >= 11 is 0. The van der Waals surface area contributed by atoms with Gasteiger partial charge in [-0.3, -0.25) is 0 Å². The van der Waals surface area contributed by atoms with Gasteiger partial charge in [-0.1, -0.05) is 27.2 Å². The molecule has 0 amide bonds. The Morgan fingerprint density at radius 1 is 0.941 bits per heavy atom. The van der Waals surface area contributed by atoms with E-state index in [-0.39, 0.29) is 7.03 Å². The Balaban J connectivity index is 0.00000120. The van der Waals surface area contributed by atoms with Crippen LogP contribution in [0.5, 0.6) is 0 Å². The molecule has 1 aliphatic heterocycles. The highest BCUT2D eigenvalue weighted by atomic mass is 16.5. The lowest BCUT2D eigenvalue weighted by molar-refractivity contribution is -0.147. The van der Waals surface area contributed by atoms with Crippen molar-refractivity contribution < 1.29 is 6.16 Å². The van der Waals surface area contributed by atoms with E-state index in [1.807, 2.05) is 0 Å². The molecule has 4 atom stereocenters. The molecule has 1 heterocycles. The Bertz CT molecular complexity index is 323. The molecule has 0 N–H and O–H groups in total. The molecule has 1 nitrogen and oxygen atoms in total. The lowest BCUT2D eigenvalue weighted by Gasteiger charge is -2.60. The molecule has 0 bridgehead atoms. The van der Waals surface area contributed by atoms with E-state index in [4.69, 9.17) is 4.74 Å². The van der Waals surface area contributed by atoms with Crippen LogP contribution < -0.4 is 0 Å². The lowest BCUT2D eigenvalue weighted by Crippen LogP contribution is -2.55. The number of hydrogen-bond donors (Lipinski definition) is 0. The first-order valence-corrected chi connectivity index (χ1v) is 7.52. The van der Waals surface area contributed by atoms with Gasteiger partial charge < -0.3 is 4.74 Å². The van der Waals surface area contributed by atoms with E-state index >= 15 is 0 Å². The second-order valence-corrected chi connectivity index (χ2v) is 7.94. The molecular weight excluding hydrogens is 208 g/mol. The molecule has 3 aliphatic rings. The first kappa shape index (κ1) is 12.0. The zero-order valence-corrected chi connectivity index (χ0v) is 12.0. The Morgan fingerprint density at radius 3 is 2.47 bits per heavy atom. The van der Waals surface area contributed by atoms with Gasteiger partial charge in [0.05, 0.1) is 5.60 Å². The summed E-state index contributed by atoms with van der Waals surface area (Å²) < 4.78 is 6.13. The summed E-state index contributed by atoms with van der Waals surface area (Å²) in [5, 5.41) is 0. The maximum Gasteiger partial charge on any atom is 0.0688 e. The van der Waals surface area contributed by atoms with Crippen LogP contribution in [-0.4, -0.2) is 12.2 Å². The minimum absolute atomic E-state index is 0. The fraction of sp³-hybridized carbons (Fsp3) is 1.00. The molecule has 1 heteroatoms. The van der Waals surface area contributed by atoms with Crippen LogP contribution in [-0.2, 0) is 4.74 Å².